The average Bonchev–Trinajstić information content (AvgIpc) is 3.19. The largest absolute Gasteiger partial charge is 0.458 e. The Morgan fingerprint density at radius 3 is 2.73 bits per heavy atom. The predicted octanol–water partition coefficient (Wildman–Crippen LogP) is 3.57. The van der Waals surface area contributed by atoms with Gasteiger partial charge in [0.05, 0.1) is 12.7 Å². The molecule has 0 bridgehead atoms. The van der Waals surface area contributed by atoms with E-state index in [4.69, 9.17) is 21.4 Å². The van der Waals surface area contributed by atoms with Gasteiger partial charge in [0.15, 0.2) is 5.11 Å². The van der Waals surface area contributed by atoms with E-state index in [0.29, 0.717) is 23.7 Å². The number of aliphatic hydroxyl groups is 1. The normalized spacial score (nSPS) is 17.2. The molecular formula is C25H29N3O4S. The maximum Gasteiger partial charge on any atom is 0.181 e. The number of thiocarbonyl (C=S) groups is 1. The van der Waals surface area contributed by atoms with Crippen LogP contribution in [0.3, 0.4) is 0 Å². The number of nitrogens with one attached hydrogen (secondary N) is 3. The lowest BCUT2D eigenvalue weighted by Crippen LogP contribution is -2.51. The molecule has 0 spiro atoms. The fourth-order valence-corrected chi connectivity index (χ4v) is 3.30. The van der Waals surface area contributed by atoms with Crippen LogP contribution in [-0.2, 0) is 9.53 Å². The Balaban J connectivity index is 1.43. The van der Waals surface area contributed by atoms with Gasteiger partial charge in [0.2, 0.25) is 0 Å². The van der Waals surface area contributed by atoms with E-state index >= 15 is 0 Å². The number of carbonyl (C=O) groups excluding carboxylic acids is 1. The minimum absolute atomic E-state index is 0.0295. The molecule has 1 aromatic carbocycles. The first-order valence-electron chi connectivity index (χ1n) is 10.7. The summed E-state index contributed by atoms with van der Waals surface area (Å²) < 4.78 is 11.5. The molecule has 1 heterocycles. The van der Waals surface area contributed by atoms with Gasteiger partial charge in [-0.25, -0.2) is 5.43 Å². The van der Waals surface area contributed by atoms with Crippen molar-refractivity contribution in [2.75, 3.05) is 6.61 Å². The third-order valence-corrected chi connectivity index (χ3v) is 5.17. The summed E-state index contributed by atoms with van der Waals surface area (Å²) in [6.45, 7) is 4.29. The van der Waals surface area contributed by atoms with Gasteiger partial charge in [0, 0.05) is 5.56 Å². The number of hydrogen-bond acceptors (Lipinski definition) is 6. The van der Waals surface area contributed by atoms with E-state index in [2.05, 4.69) is 36.1 Å². The lowest BCUT2D eigenvalue weighted by atomic mass is 10.0. The van der Waals surface area contributed by atoms with Crippen LogP contribution in [0.25, 0.3) is 11.3 Å². The van der Waals surface area contributed by atoms with Gasteiger partial charge in [0.1, 0.15) is 30.1 Å². The molecule has 2 aromatic rings. The second-order valence-electron chi connectivity index (χ2n) is 7.80. The minimum atomic E-state index is -1.02. The molecular weight excluding hydrogens is 438 g/mol. The molecule has 3 rings (SSSR count). The summed E-state index contributed by atoms with van der Waals surface area (Å²) in [7, 11) is 0. The first-order valence-corrected chi connectivity index (χ1v) is 11.2. The van der Waals surface area contributed by atoms with E-state index in [9.17, 15) is 9.90 Å². The third kappa shape index (κ3) is 7.50. The van der Waals surface area contributed by atoms with E-state index in [1.54, 1.807) is 12.1 Å². The molecule has 0 amide bonds. The summed E-state index contributed by atoms with van der Waals surface area (Å²) in [6.07, 6.45) is 9.34. The van der Waals surface area contributed by atoms with Crippen LogP contribution in [0.5, 0.6) is 0 Å². The molecule has 0 saturated heterocycles. The van der Waals surface area contributed by atoms with E-state index < -0.39 is 12.3 Å². The first kappa shape index (κ1) is 24.6. The Morgan fingerprint density at radius 1 is 1.21 bits per heavy atom. The number of aliphatic hydroxyl groups excluding tert-OH is 1. The third-order valence-electron chi connectivity index (χ3n) is 4.95. The molecule has 1 aliphatic carbocycles. The molecule has 174 valence electrons. The van der Waals surface area contributed by atoms with Crippen molar-refractivity contribution in [1.82, 2.24) is 16.2 Å². The highest BCUT2D eigenvalue weighted by Crippen LogP contribution is 2.24. The van der Waals surface area contributed by atoms with Gasteiger partial charge in [-0.1, -0.05) is 74.6 Å². The van der Waals surface area contributed by atoms with Gasteiger partial charge in [0.25, 0.3) is 0 Å². The van der Waals surface area contributed by atoms with Gasteiger partial charge in [-0.05, 0) is 35.8 Å². The van der Waals surface area contributed by atoms with Crippen LogP contribution in [-0.4, -0.2) is 35.4 Å². The zero-order valence-corrected chi connectivity index (χ0v) is 19.4. The van der Waals surface area contributed by atoms with E-state index in [0.717, 1.165) is 5.56 Å². The number of rotatable bonds is 10. The van der Waals surface area contributed by atoms with E-state index in [1.165, 1.54) is 5.57 Å². The molecule has 3 unspecified atom stereocenters. The van der Waals surface area contributed by atoms with Gasteiger partial charge in [-0.3, -0.25) is 5.43 Å². The number of carbonyl (C=O) groups is 1. The van der Waals surface area contributed by atoms with Crippen LogP contribution < -0.4 is 16.2 Å². The Hall–Kier alpha value is -3.04. The number of ether oxygens (including phenoxy) is 1. The fraction of sp³-hybridized carbons (Fsp3) is 0.280. The number of furan rings is 1. The van der Waals surface area contributed by atoms with Gasteiger partial charge < -0.3 is 24.4 Å². The standard InChI is InChI=1S/C25H29N3O4S/c1-17(2)18-9-6-10-20(12-11-18)31-16-24(30)27-28-25(33)26-21(15-29)23-14-13-22(32-23)19-7-4-3-5-8-19/h3-15,17,20-21,24,27,30H,16H2,1-2H3,(H2,26,28,33). The molecule has 0 fully saturated rings. The Kier molecular flexibility index (Phi) is 9.14. The van der Waals surface area contributed by atoms with Crippen molar-refractivity contribution < 1.29 is 19.1 Å². The highest BCUT2D eigenvalue weighted by atomic mass is 32.1. The second kappa shape index (κ2) is 12.3. The fourth-order valence-electron chi connectivity index (χ4n) is 3.12. The van der Waals surface area contributed by atoms with Crippen LogP contribution in [0.4, 0.5) is 0 Å². The lowest BCUT2D eigenvalue weighted by Gasteiger charge is -2.19. The quantitative estimate of drug-likeness (QED) is 0.182. The van der Waals surface area contributed by atoms with Crippen LogP contribution >= 0.6 is 12.2 Å². The number of aldehydes is 1. The highest BCUT2D eigenvalue weighted by Gasteiger charge is 2.17. The van der Waals surface area contributed by atoms with Crippen molar-refractivity contribution in [1.29, 1.82) is 0 Å². The van der Waals surface area contributed by atoms with Crippen LogP contribution in [0.15, 0.2) is 82.8 Å². The van der Waals surface area contributed by atoms with E-state index in [-0.39, 0.29) is 17.8 Å². The van der Waals surface area contributed by atoms with Crippen molar-refractivity contribution in [3.63, 3.8) is 0 Å². The Morgan fingerprint density at radius 2 is 2.00 bits per heavy atom. The summed E-state index contributed by atoms with van der Waals surface area (Å²) in [5, 5.41) is 13.1. The van der Waals surface area contributed by atoms with E-state index in [1.807, 2.05) is 54.6 Å². The lowest BCUT2D eigenvalue weighted by molar-refractivity contribution is -0.109. The van der Waals surface area contributed by atoms with Gasteiger partial charge >= 0.3 is 0 Å². The smallest absolute Gasteiger partial charge is 0.181 e. The molecule has 0 aliphatic heterocycles. The summed E-state index contributed by atoms with van der Waals surface area (Å²) in [6, 6.07) is 12.3. The molecule has 1 aliphatic rings. The number of allylic oxidation sites excluding steroid dienone is 4. The highest BCUT2D eigenvalue weighted by molar-refractivity contribution is 7.80. The average molecular weight is 468 g/mol. The van der Waals surface area contributed by atoms with Crippen molar-refractivity contribution in [2.24, 2.45) is 5.92 Å². The first-order chi connectivity index (χ1) is 16.0. The number of hydrazine groups is 1. The van der Waals surface area contributed by atoms with Crippen molar-refractivity contribution in [3.05, 3.63) is 84.2 Å². The maximum absolute atomic E-state index is 11.6. The molecule has 7 nitrogen and oxygen atoms in total. The van der Waals surface area contributed by atoms with Crippen molar-refractivity contribution in [2.45, 2.75) is 32.2 Å². The maximum atomic E-state index is 11.6. The molecule has 3 atom stereocenters. The predicted molar refractivity (Wildman–Crippen MR) is 132 cm³/mol. The van der Waals surface area contributed by atoms with Gasteiger partial charge in [-0.15, -0.1) is 0 Å². The summed E-state index contributed by atoms with van der Waals surface area (Å²) in [5.74, 6) is 1.51. The summed E-state index contributed by atoms with van der Waals surface area (Å²) in [5.41, 5.74) is 7.44. The monoisotopic (exact) mass is 467 g/mol. The SMILES string of the molecule is CC(C)C1=CC=CC(OCC(O)NNC(=S)NC(C=O)c2ccc(-c3ccccc3)o2)C=C1. The number of hydrogen-bond donors (Lipinski definition) is 4. The Bertz CT molecular complexity index is 1010. The van der Waals surface area contributed by atoms with Crippen LogP contribution in [0.2, 0.25) is 0 Å². The molecule has 0 saturated carbocycles. The minimum Gasteiger partial charge on any atom is -0.458 e. The molecule has 33 heavy (non-hydrogen) atoms. The molecule has 8 heteroatoms. The molecule has 1 aromatic heterocycles. The zero-order valence-electron chi connectivity index (χ0n) is 18.6. The van der Waals surface area contributed by atoms with Crippen LogP contribution in [0, 0.1) is 5.92 Å². The number of benzene rings is 1. The zero-order chi connectivity index (χ0) is 23.6. The molecule has 0 radical (unpaired) electrons. The summed E-state index contributed by atoms with van der Waals surface area (Å²) in [4.78, 5) is 11.6. The van der Waals surface area contributed by atoms with Crippen LogP contribution in [0.1, 0.15) is 25.6 Å². The van der Waals surface area contributed by atoms with Gasteiger partial charge in [-0.2, -0.15) is 0 Å². The second-order valence-corrected chi connectivity index (χ2v) is 8.21. The topological polar surface area (TPSA) is 95.8 Å². The summed E-state index contributed by atoms with van der Waals surface area (Å²) >= 11 is 5.21. The Labute approximate surface area is 199 Å². The van der Waals surface area contributed by atoms with Crippen molar-refractivity contribution in [3.8, 4) is 11.3 Å². The van der Waals surface area contributed by atoms with Crippen molar-refractivity contribution >= 4 is 23.6 Å². The molecule has 4 N–H and O–H groups in total.